The number of alkyl halides is 3. The van der Waals surface area contributed by atoms with Gasteiger partial charge in [-0.2, -0.15) is 18.4 Å². The standard InChI is InChI=1S/C23H16F3N3O5S2/c1-2-35(30,31)20-16-5-3-14(22(12-27)7-8-22)9-13(16)11-28-19(20)21-29-17-10-15(4-6-18(17)34-21)36(32,33)23(24,25)26/h3-6,9-11H,2,7-8H2,1H3. The third-order valence-corrected chi connectivity index (χ3v) is 9.51. The Morgan fingerprint density at radius 1 is 1.11 bits per heavy atom. The molecule has 0 unspecified atom stereocenters. The fourth-order valence-corrected chi connectivity index (χ4v) is 6.03. The molecule has 0 radical (unpaired) electrons. The van der Waals surface area contributed by atoms with Gasteiger partial charge in [0.25, 0.3) is 9.84 Å². The van der Waals surface area contributed by atoms with Crippen molar-refractivity contribution in [3.8, 4) is 17.7 Å². The van der Waals surface area contributed by atoms with Crippen LogP contribution >= 0.6 is 0 Å². The van der Waals surface area contributed by atoms with Gasteiger partial charge in [-0.05, 0) is 42.7 Å². The molecular weight excluding hydrogens is 519 g/mol. The van der Waals surface area contributed by atoms with Crippen LogP contribution in [0.1, 0.15) is 25.3 Å². The van der Waals surface area contributed by atoms with E-state index >= 15 is 0 Å². The maximum absolute atomic E-state index is 13.1. The van der Waals surface area contributed by atoms with Crippen molar-refractivity contribution in [1.29, 1.82) is 5.26 Å². The van der Waals surface area contributed by atoms with Gasteiger partial charge in [0.15, 0.2) is 15.4 Å². The lowest BCUT2D eigenvalue weighted by molar-refractivity contribution is -0.0435. The van der Waals surface area contributed by atoms with E-state index in [0.717, 1.165) is 17.7 Å². The number of sulfone groups is 2. The quantitative estimate of drug-likeness (QED) is 0.360. The van der Waals surface area contributed by atoms with E-state index in [1.165, 1.54) is 13.1 Å². The van der Waals surface area contributed by atoms with Crippen molar-refractivity contribution >= 4 is 41.5 Å². The average Bonchev–Trinajstić information content (AvgIpc) is 3.53. The van der Waals surface area contributed by atoms with E-state index in [0.29, 0.717) is 29.7 Å². The highest BCUT2D eigenvalue weighted by Gasteiger charge is 2.47. The lowest BCUT2D eigenvalue weighted by atomic mass is 9.95. The summed E-state index contributed by atoms with van der Waals surface area (Å²) in [5.41, 5.74) is -5.75. The number of halogens is 3. The third-order valence-electron chi connectivity index (χ3n) is 6.23. The Morgan fingerprint density at radius 2 is 1.83 bits per heavy atom. The number of benzene rings is 2. The van der Waals surface area contributed by atoms with Crippen LogP contribution < -0.4 is 0 Å². The molecule has 0 spiro atoms. The lowest BCUT2D eigenvalue weighted by Gasteiger charge is -2.12. The van der Waals surface area contributed by atoms with Crippen LogP contribution in [0, 0.1) is 11.3 Å². The minimum atomic E-state index is -5.62. The van der Waals surface area contributed by atoms with Crippen LogP contribution in [0.5, 0.6) is 0 Å². The molecule has 8 nitrogen and oxygen atoms in total. The first kappa shape index (κ1) is 24.2. The van der Waals surface area contributed by atoms with Crippen molar-refractivity contribution in [3.05, 3.63) is 48.2 Å². The molecule has 2 heterocycles. The molecule has 1 aliphatic carbocycles. The molecule has 13 heteroatoms. The molecule has 0 bridgehead atoms. The van der Waals surface area contributed by atoms with Gasteiger partial charge in [-0.25, -0.2) is 26.8 Å². The number of pyridine rings is 1. The molecule has 36 heavy (non-hydrogen) atoms. The fraction of sp³-hybridized carbons (Fsp3) is 0.261. The van der Waals surface area contributed by atoms with Crippen molar-refractivity contribution in [2.24, 2.45) is 0 Å². The fourth-order valence-electron chi connectivity index (χ4n) is 4.01. The Balaban J connectivity index is 1.71. The zero-order valence-corrected chi connectivity index (χ0v) is 20.1. The Kier molecular flexibility index (Phi) is 5.21. The van der Waals surface area contributed by atoms with E-state index in [2.05, 4.69) is 16.0 Å². The first-order valence-corrected chi connectivity index (χ1v) is 13.8. The zero-order valence-electron chi connectivity index (χ0n) is 18.5. The van der Waals surface area contributed by atoms with Crippen molar-refractivity contribution < 1.29 is 34.4 Å². The highest BCUT2D eigenvalue weighted by molar-refractivity contribution is 7.92. The van der Waals surface area contributed by atoms with Crippen LogP contribution in [0.25, 0.3) is 33.5 Å². The topological polar surface area (TPSA) is 131 Å². The second-order valence-electron chi connectivity index (χ2n) is 8.43. The highest BCUT2D eigenvalue weighted by Crippen LogP contribution is 2.48. The summed E-state index contributed by atoms with van der Waals surface area (Å²) in [6, 6.07) is 9.76. The van der Waals surface area contributed by atoms with Gasteiger partial charge in [0, 0.05) is 17.0 Å². The summed E-state index contributed by atoms with van der Waals surface area (Å²) in [6.45, 7) is 1.45. The second-order valence-corrected chi connectivity index (χ2v) is 12.6. The molecule has 186 valence electrons. The number of oxazole rings is 1. The Hall–Kier alpha value is -3.50. The van der Waals surface area contributed by atoms with Gasteiger partial charge in [-0.3, -0.25) is 0 Å². The smallest absolute Gasteiger partial charge is 0.435 e. The zero-order chi connectivity index (χ0) is 26.1. The summed E-state index contributed by atoms with van der Waals surface area (Å²) >= 11 is 0. The van der Waals surface area contributed by atoms with Crippen molar-refractivity contribution in [1.82, 2.24) is 9.97 Å². The summed E-state index contributed by atoms with van der Waals surface area (Å²) in [5, 5.41) is 10.3. The first-order valence-electron chi connectivity index (χ1n) is 10.6. The molecule has 2 aromatic carbocycles. The number of fused-ring (bicyclic) bond motifs is 2. The summed E-state index contributed by atoms with van der Waals surface area (Å²) < 4.78 is 94.2. The Labute approximate surface area is 203 Å². The molecule has 0 N–H and O–H groups in total. The summed E-state index contributed by atoms with van der Waals surface area (Å²) in [7, 11) is -9.52. The van der Waals surface area contributed by atoms with E-state index in [1.54, 1.807) is 18.2 Å². The van der Waals surface area contributed by atoms with Crippen LogP contribution in [-0.4, -0.2) is 38.1 Å². The molecule has 2 aromatic heterocycles. The molecule has 5 rings (SSSR count). The molecule has 4 aromatic rings. The number of aromatic nitrogens is 2. The average molecular weight is 536 g/mol. The molecular formula is C23H16F3N3O5S2. The number of nitrogens with zero attached hydrogens (tertiary/aromatic N) is 3. The van der Waals surface area contributed by atoms with E-state index in [-0.39, 0.29) is 33.3 Å². The third kappa shape index (κ3) is 3.63. The monoisotopic (exact) mass is 535 g/mol. The normalized spacial score (nSPS) is 15.8. The molecule has 0 atom stereocenters. The summed E-state index contributed by atoms with van der Waals surface area (Å²) in [4.78, 5) is 7.12. The second kappa shape index (κ2) is 7.75. The van der Waals surface area contributed by atoms with E-state index in [1.807, 2.05) is 0 Å². The van der Waals surface area contributed by atoms with Crippen molar-refractivity contribution in [2.45, 2.75) is 40.5 Å². The predicted molar refractivity (Wildman–Crippen MR) is 122 cm³/mol. The van der Waals surface area contributed by atoms with Crippen molar-refractivity contribution in [2.75, 3.05) is 5.75 Å². The van der Waals surface area contributed by atoms with Crippen molar-refractivity contribution in [3.63, 3.8) is 0 Å². The molecule has 1 saturated carbocycles. The maximum atomic E-state index is 13.1. The Morgan fingerprint density at radius 3 is 2.44 bits per heavy atom. The maximum Gasteiger partial charge on any atom is 0.501 e. The SMILES string of the molecule is CCS(=O)(=O)c1c(-c2nc3cc(S(=O)(=O)C(F)(F)F)ccc3o2)ncc2cc(C3(C#N)CC3)ccc12. The van der Waals surface area contributed by atoms with Gasteiger partial charge in [0.1, 0.15) is 16.1 Å². The molecule has 0 amide bonds. The minimum absolute atomic E-state index is 0.0482. The number of hydrogen-bond acceptors (Lipinski definition) is 8. The van der Waals surface area contributed by atoms with Crippen LogP contribution in [0.2, 0.25) is 0 Å². The number of nitriles is 1. The minimum Gasteiger partial charge on any atom is -0.435 e. The van der Waals surface area contributed by atoms with Gasteiger partial charge >= 0.3 is 5.51 Å². The van der Waals surface area contributed by atoms with Crippen LogP contribution in [0.15, 0.2) is 56.8 Å². The summed E-state index contributed by atoms with van der Waals surface area (Å²) in [5.74, 6) is -0.570. The van der Waals surface area contributed by atoms with Gasteiger partial charge in [-0.1, -0.05) is 19.1 Å². The highest BCUT2D eigenvalue weighted by atomic mass is 32.2. The lowest BCUT2D eigenvalue weighted by Crippen LogP contribution is -2.23. The van der Waals surface area contributed by atoms with Gasteiger partial charge < -0.3 is 4.42 Å². The number of hydrogen-bond donors (Lipinski definition) is 0. The van der Waals surface area contributed by atoms with E-state index in [4.69, 9.17) is 4.42 Å². The molecule has 0 aliphatic heterocycles. The van der Waals surface area contributed by atoms with Gasteiger partial charge in [0.2, 0.25) is 5.89 Å². The van der Waals surface area contributed by atoms with Crippen LogP contribution in [0.3, 0.4) is 0 Å². The van der Waals surface area contributed by atoms with Crippen LogP contribution in [0.4, 0.5) is 13.2 Å². The molecule has 1 fully saturated rings. The molecule has 0 saturated heterocycles. The Bertz CT molecular complexity index is 1820. The van der Waals surface area contributed by atoms with Gasteiger partial charge in [0.05, 0.1) is 22.1 Å². The summed E-state index contributed by atoms with van der Waals surface area (Å²) in [6.07, 6.45) is 2.82. The van der Waals surface area contributed by atoms with Gasteiger partial charge in [-0.15, -0.1) is 0 Å². The number of rotatable bonds is 5. The molecule has 1 aliphatic rings. The largest absolute Gasteiger partial charge is 0.501 e. The van der Waals surface area contributed by atoms with E-state index < -0.39 is 35.5 Å². The van der Waals surface area contributed by atoms with Crippen LogP contribution in [-0.2, 0) is 25.1 Å². The first-order chi connectivity index (χ1) is 16.8. The predicted octanol–water partition coefficient (Wildman–Crippen LogP) is 4.69. The van der Waals surface area contributed by atoms with E-state index in [9.17, 15) is 35.3 Å².